The molecule has 24 heavy (non-hydrogen) atoms. The van der Waals surface area contributed by atoms with Crippen molar-refractivity contribution in [3.63, 3.8) is 0 Å². The molecule has 0 fully saturated rings. The molecule has 0 amide bonds. The Hall–Kier alpha value is -1.46. The van der Waals surface area contributed by atoms with Crippen molar-refractivity contribution >= 4 is 31.4 Å². The van der Waals surface area contributed by atoms with Gasteiger partial charge in [0, 0.05) is 18.5 Å². The summed E-state index contributed by atoms with van der Waals surface area (Å²) in [5.74, 6) is 0.539. The molecule has 1 aromatic carbocycles. The van der Waals surface area contributed by atoms with Crippen molar-refractivity contribution in [2.24, 2.45) is 0 Å². The standard InChI is InChI=1S/C14H18N2O5S3/c1-15-24(19,20)16-10-14(13-4-3-9-22-13)23(17,18)12-7-5-11(21-2)6-8-12/h3-9,14-16H,10H2,1-2H3. The molecular formula is C14H18N2O5S3. The van der Waals surface area contributed by atoms with Gasteiger partial charge in [-0.25, -0.2) is 17.9 Å². The van der Waals surface area contributed by atoms with Crippen LogP contribution < -0.4 is 14.2 Å². The number of hydrogen-bond acceptors (Lipinski definition) is 6. The van der Waals surface area contributed by atoms with Gasteiger partial charge < -0.3 is 4.74 Å². The van der Waals surface area contributed by atoms with Crippen LogP contribution in [0.1, 0.15) is 10.1 Å². The van der Waals surface area contributed by atoms with Crippen LogP contribution in [0.5, 0.6) is 5.75 Å². The summed E-state index contributed by atoms with van der Waals surface area (Å²) < 4.78 is 58.5. The Bertz CT molecular complexity index is 860. The molecule has 7 nitrogen and oxygen atoms in total. The predicted molar refractivity (Wildman–Crippen MR) is 93.2 cm³/mol. The minimum absolute atomic E-state index is 0.102. The lowest BCUT2D eigenvalue weighted by atomic mass is 10.3. The fourth-order valence-electron chi connectivity index (χ4n) is 2.02. The highest BCUT2D eigenvalue weighted by molar-refractivity contribution is 7.92. The molecular weight excluding hydrogens is 372 g/mol. The Labute approximate surface area is 145 Å². The molecule has 1 unspecified atom stereocenters. The topological polar surface area (TPSA) is 102 Å². The first-order valence-corrected chi connectivity index (χ1v) is 10.8. The van der Waals surface area contributed by atoms with Crippen molar-refractivity contribution in [2.75, 3.05) is 20.7 Å². The lowest BCUT2D eigenvalue weighted by Gasteiger charge is -2.17. The van der Waals surface area contributed by atoms with E-state index in [4.69, 9.17) is 4.74 Å². The van der Waals surface area contributed by atoms with Crippen LogP contribution in [-0.4, -0.2) is 37.5 Å². The largest absolute Gasteiger partial charge is 0.497 e. The molecule has 0 saturated heterocycles. The Balaban J connectivity index is 2.37. The summed E-state index contributed by atoms with van der Waals surface area (Å²) in [4.78, 5) is 0.662. The Morgan fingerprint density at radius 1 is 1.12 bits per heavy atom. The summed E-state index contributed by atoms with van der Waals surface area (Å²) in [6, 6.07) is 9.39. The fraction of sp³-hybridized carbons (Fsp3) is 0.286. The Kier molecular flexibility index (Phi) is 5.99. The second kappa shape index (κ2) is 7.62. The molecule has 0 bridgehead atoms. The number of sulfone groups is 1. The number of rotatable bonds is 8. The van der Waals surface area contributed by atoms with Crippen LogP contribution in [0.4, 0.5) is 0 Å². The monoisotopic (exact) mass is 390 g/mol. The summed E-state index contributed by atoms with van der Waals surface area (Å²) in [6.45, 7) is -0.266. The van der Waals surface area contributed by atoms with Crippen LogP contribution in [0.25, 0.3) is 0 Å². The predicted octanol–water partition coefficient (Wildman–Crippen LogP) is 1.33. The fourth-order valence-corrected chi connectivity index (χ4v) is 5.45. The smallest absolute Gasteiger partial charge is 0.276 e. The van der Waals surface area contributed by atoms with Crippen molar-refractivity contribution < 1.29 is 21.6 Å². The lowest BCUT2D eigenvalue weighted by Crippen LogP contribution is -2.38. The third kappa shape index (κ3) is 4.33. The van der Waals surface area contributed by atoms with Crippen LogP contribution in [0.3, 0.4) is 0 Å². The van der Waals surface area contributed by atoms with E-state index in [1.54, 1.807) is 29.6 Å². The van der Waals surface area contributed by atoms with Gasteiger partial charge in [-0.15, -0.1) is 11.3 Å². The first kappa shape index (κ1) is 18.9. The number of benzene rings is 1. The number of thiophene rings is 1. The zero-order valence-electron chi connectivity index (χ0n) is 13.1. The van der Waals surface area contributed by atoms with Crippen LogP contribution >= 0.6 is 11.3 Å². The second-order valence-electron chi connectivity index (χ2n) is 4.78. The van der Waals surface area contributed by atoms with Crippen LogP contribution in [0.2, 0.25) is 0 Å². The van der Waals surface area contributed by atoms with E-state index in [1.807, 2.05) is 0 Å². The molecule has 0 aliphatic heterocycles. The number of hydrogen-bond donors (Lipinski definition) is 2. The number of ether oxygens (including phenoxy) is 1. The van der Waals surface area contributed by atoms with E-state index in [2.05, 4.69) is 9.44 Å². The first-order chi connectivity index (χ1) is 11.3. The number of methoxy groups -OCH3 is 1. The third-order valence-corrected chi connectivity index (χ3v) is 7.67. The van der Waals surface area contributed by atoms with Gasteiger partial charge in [-0.1, -0.05) is 6.07 Å². The maximum absolute atomic E-state index is 12.9. The molecule has 2 N–H and O–H groups in total. The second-order valence-corrected chi connectivity index (χ2v) is 9.59. The van der Waals surface area contributed by atoms with Crippen molar-refractivity contribution in [1.82, 2.24) is 9.44 Å². The van der Waals surface area contributed by atoms with Gasteiger partial charge in [0.15, 0.2) is 9.84 Å². The molecule has 2 aromatic rings. The van der Waals surface area contributed by atoms with E-state index in [0.29, 0.717) is 10.6 Å². The minimum Gasteiger partial charge on any atom is -0.497 e. The van der Waals surface area contributed by atoms with Crippen LogP contribution in [-0.2, 0) is 20.0 Å². The van der Waals surface area contributed by atoms with Gasteiger partial charge in [-0.05, 0) is 35.7 Å². The summed E-state index contributed by atoms with van der Waals surface area (Å²) in [5.41, 5.74) is 0. The normalized spacial score (nSPS) is 13.6. The summed E-state index contributed by atoms with van der Waals surface area (Å²) in [5, 5.41) is 0.729. The van der Waals surface area contributed by atoms with Gasteiger partial charge in [0.25, 0.3) is 10.2 Å². The maximum Gasteiger partial charge on any atom is 0.276 e. The minimum atomic E-state index is -3.78. The highest BCUT2D eigenvalue weighted by Gasteiger charge is 2.31. The van der Waals surface area contributed by atoms with E-state index < -0.39 is 25.3 Å². The van der Waals surface area contributed by atoms with E-state index in [9.17, 15) is 16.8 Å². The molecule has 0 spiro atoms. The molecule has 1 aromatic heterocycles. The molecule has 10 heteroatoms. The zero-order chi connectivity index (χ0) is 17.8. The molecule has 132 valence electrons. The van der Waals surface area contributed by atoms with Gasteiger partial charge in [-0.2, -0.15) is 8.42 Å². The quantitative estimate of drug-likeness (QED) is 0.708. The summed E-state index contributed by atoms with van der Waals surface area (Å²) >= 11 is 1.26. The summed E-state index contributed by atoms with van der Waals surface area (Å²) in [7, 11) is -4.78. The van der Waals surface area contributed by atoms with Gasteiger partial charge in [0.1, 0.15) is 11.0 Å². The van der Waals surface area contributed by atoms with Crippen LogP contribution in [0.15, 0.2) is 46.7 Å². The highest BCUT2D eigenvalue weighted by atomic mass is 32.2. The molecule has 0 aliphatic carbocycles. The van der Waals surface area contributed by atoms with Gasteiger partial charge in [-0.3, -0.25) is 0 Å². The molecule has 0 radical (unpaired) electrons. The van der Waals surface area contributed by atoms with Crippen LogP contribution in [0, 0.1) is 0 Å². The SMILES string of the molecule is CNS(=O)(=O)NCC(c1cccs1)S(=O)(=O)c1ccc(OC)cc1. The van der Waals surface area contributed by atoms with Crippen molar-refractivity contribution in [2.45, 2.75) is 10.1 Å². The van der Waals surface area contributed by atoms with E-state index in [1.165, 1.54) is 37.6 Å². The average Bonchev–Trinajstić information content (AvgIpc) is 3.09. The van der Waals surface area contributed by atoms with Crippen molar-refractivity contribution in [3.05, 3.63) is 46.7 Å². The van der Waals surface area contributed by atoms with E-state index in [0.717, 1.165) is 0 Å². The molecule has 1 atom stereocenters. The van der Waals surface area contributed by atoms with Gasteiger partial charge in [0.2, 0.25) is 0 Å². The lowest BCUT2D eigenvalue weighted by molar-refractivity contribution is 0.414. The molecule has 1 heterocycles. The first-order valence-electron chi connectivity index (χ1n) is 6.89. The van der Waals surface area contributed by atoms with Crippen molar-refractivity contribution in [3.8, 4) is 5.75 Å². The zero-order valence-corrected chi connectivity index (χ0v) is 15.5. The average molecular weight is 391 g/mol. The maximum atomic E-state index is 12.9. The van der Waals surface area contributed by atoms with E-state index >= 15 is 0 Å². The Morgan fingerprint density at radius 3 is 2.29 bits per heavy atom. The molecule has 2 rings (SSSR count). The third-order valence-electron chi connectivity index (χ3n) is 3.35. The molecule has 0 aliphatic rings. The molecule has 0 saturated carbocycles. The van der Waals surface area contributed by atoms with E-state index in [-0.39, 0.29) is 11.4 Å². The van der Waals surface area contributed by atoms with Gasteiger partial charge in [0.05, 0.1) is 12.0 Å². The number of nitrogens with one attached hydrogen (secondary N) is 2. The van der Waals surface area contributed by atoms with Gasteiger partial charge >= 0.3 is 0 Å². The summed E-state index contributed by atoms with van der Waals surface area (Å²) in [6.07, 6.45) is 0. The highest BCUT2D eigenvalue weighted by Crippen LogP contribution is 2.32. The van der Waals surface area contributed by atoms with Crippen molar-refractivity contribution in [1.29, 1.82) is 0 Å². The Morgan fingerprint density at radius 2 is 1.79 bits per heavy atom.